The van der Waals surface area contributed by atoms with Crippen LogP contribution in [0.2, 0.25) is 10.3 Å². The van der Waals surface area contributed by atoms with E-state index in [0.29, 0.717) is 16.6 Å². The third kappa shape index (κ3) is 14.6. The van der Waals surface area contributed by atoms with E-state index in [1.807, 2.05) is 13.8 Å². The number of halogens is 7. The molecule has 0 amide bonds. The molecular formula is C25H32BrCl2F4N8O7P. The summed E-state index contributed by atoms with van der Waals surface area (Å²) in [4.78, 5) is 50.1. The Labute approximate surface area is 290 Å². The van der Waals surface area contributed by atoms with E-state index in [1.165, 1.54) is 0 Å². The SMILES string of the molecule is CC(C)OC(=O)c1cc(-c2nn(C)c(C(F)(F)F)c2Br)c(F)cc1Cl.CCNc1nc(Cl)nc(NCC)n1.O=C(O)CNCP(=O)(O)O. The highest BCUT2D eigenvalue weighted by atomic mass is 79.9. The Bertz CT molecular complexity index is 1590. The van der Waals surface area contributed by atoms with Gasteiger partial charge >= 0.3 is 25.7 Å². The Kier molecular flexibility index (Phi) is 17.1. The van der Waals surface area contributed by atoms with E-state index in [9.17, 15) is 31.7 Å². The first-order valence-electron chi connectivity index (χ1n) is 13.5. The van der Waals surface area contributed by atoms with Crippen molar-refractivity contribution in [2.24, 2.45) is 7.05 Å². The number of alkyl halides is 3. The quantitative estimate of drug-likeness (QED) is 0.0812. The van der Waals surface area contributed by atoms with Gasteiger partial charge in [0, 0.05) is 25.7 Å². The third-order valence-corrected chi connectivity index (χ3v) is 6.87. The fourth-order valence-electron chi connectivity index (χ4n) is 3.28. The monoisotopic (exact) mass is 812 g/mol. The molecule has 23 heteroatoms. The van der Waals surface area contributed by atoms with E-state index in [2.05, 4.69) is 51.9 Å². The maximum absolute atomic E-state index is 14.3. The number of carboxylic acids is 1. The Morgan fingerprint density at radius 2 is 1.62 bits per heavy atom. The van der Waals surface area contributed by atoms with Crippen molar-refractivity contribution >= 4 is 70.6 Å². The molecule has 0 saturated heterocycles. The number of carbonyl (C=O) groups excluding carboxylic acids is 1. The summed E-state index contributed by atoms with van der Waals surface area (Å²) in [5.41, 5.74) is -1.86. The molecule has 0 bridgehead atoms. The predicted molar refractivity (Wildman–Crippen MR) is 173 cm³/mol. The van der Waals surface area contributed by atoms with E-state index in [4.69, 9.17) is 42.8 Å². The number of hydrogen-bond acceptors (Lipinski definition) is 11. The number of rotatable bonds is 11. The van der Waals surface area contributed by atoms with Crippen LogP contribution in [0.15, 0.2) is 16.6 Å². The van der Waals surface area contributed by atoms with Crippen LogP contribution in [0.1, 0.15) is 43.7 Å². The number of carbonyl (C=O) groups is 2. The average Bonchev–Trinajstić information content (AvgIpc) is 3.21. The van der Waals surface area contributed by atoms with Gasteiger partial charge in [-0.2, -0.15) is 33.2 Å². The van der Waals surface area contributed by atoms with Crippen molar-refractivity contribution < 1.29 is 51.3 Å². The first-order valence-corrected chi connectivity index (χ1v) is 16.8. The summed E-state index contributed by atoms with van der Waals surface area (Å²) in [6.45, 7) is 8.22. The number of nitrogens with zero attached hydrogens (tertiary/aromatic N) is 5. The second-order valence-corrected chi connectivity index (χ2v) is 12.5. The zero-order valence-electron chi connectivity index (χ0n) is 25.9. The van der Waals surface area contributed by atoms with Gasteiger partial charge in [0.05, 0.1) is 34.0 Å². The highest BCUT2D eigenvalue weighted by Crippen LogP contribution is 2.41. The molecule has 0 fully saturated rings. The van der Waals surface area contributed by atoms with Crippen LogP contribution < -0.4 is 16.0 Å². The van der Waals surface area contributed by atoms with Crippen LogP contribution in [0.25, 0.3) is 11.3 Å². The van der Waals surface area contributed by atoms with Crippen molar-refractivity contribution in [2.45, 2.75) is 40.0 Å². The van der Waals surface area contributed by atoms with Gasteiger partial charge in [0.15, 0.2) is 5.69 Å². The molecule has 15 nitrogen and oxygen atoms in total. The van der Waals surface area contributed by atoms with Crippen molar-refractivity contribution in [3.8, 4) is 11.3 Å². The minimum atomic E-state index is -4.69. The summed E-state index contributed by atoms with van der Waals surface area (Å²) < 4.78 is 68.7. The third-order valence-electron chi connectivity index (χ3n) is 5.00. The van der Waals surface area contributed by atoms with E-state index in [-0.39, 0.29) is 27.1 Å². The number of nitrogens with one attached hydrogen (secondary N) is 3. The molecule has 0 radical (unpaired) electrons. The summed E-state index contributed by atoms with van der Waals surface area (Å²) >= 11 is 14.3. The van der Waals surface area contributed by atoms with E-state index >= 15 is 0 Å². The maximum atomic E-state index is 14.3. The lowest BCUT2D eigenvalue weighted by atomic mass is 10.1. The minimum absolute atomic E-state index is 0.169. The molecule has 268 valence electrons. The van der Waals surface area contributed by atoms with Gasteiger partial charge in [0.2, 0.25) is 17.2 Å². The van der Waals surface area contributed by atoms with Gasteiger partial charge in [-0.05, 0) is 67.4 Å². The predicted octanol–water partition coefficient (Wildman–Crippen LogP) is 5.41. The van der Waals surface area contributed by atoms with Crippen LogP contribution >= 0.6 is 46.7 Å². The summed E-state index contributed by atoms with van der Waals surface area (Å²) in [5, 5.41) is 19.7. The largest absolute Gasteiger partial charge is 0.480 e. The summed E-state index contributed by atoms with van der Waals surface area (Å²) in [6, 6.07) is 1.86. The topological polar surface area (TPSA) is 214 Å². The van der Waals surface area contributed by atoms with Crippen molar-refractivity contribution in [1.82, 2.24) is 30.0 Å². The number of ether oxygens (including phenoxy) is 1. The van der Waals surface area contributed by atoms with Crippen LogP contribution in [0.3, 0.4) is 0 Å². The number of aromatic nitrogens is 5. The second kappa shape index (κ2) is 19.2. The van der Waals surface area contributed by atoms with Crippen LogP contribution in [0.4, 0.5) is 29.5 Å². The lowest BCUT2D eigenvalue weighted by molar-refractivity contribution is -0.144. The number of carboxylic acid groups (broad SMARTS) is 1. The molecule has 0 spiro atoms. The lowest BCUT2D eigenvalue weighted by Gasteiger charge is -2.11. The molecule has 0 aliphatic rings. The molecule has 48 heavy (non-hydrogen) atoms. The molecule has 3 aromatic rings. The maximum Gasteiger partial charge on any atom is 0.434 e. The fraction of sp³-hybridized carbons (Fsp3) is 0.440. The van der Waals surface area contributed by atoms with Crippen LogP contribution in [0.5, 0.6) is 0 Å². The molecule has 2 heterocycles. The molecule has 3 rings (SSSR count). The standard InChI is InChI=1S/C15H12BrClF4N2O2.C7H12ClN5.C3H8NO5P/c1-6(2)25-14(24)7-4-8(10(18)5-9(7)17)12-11(16)13(15(19,20)21)23(3)22-12;1-3-9-6-11-5(8)12-7(13-6)10-4-2;5-3(6)1-4-2-10(7,8)9/h4-6H,1-3H3;3-4H2,1-2H3,(H2,9,10,11,12,13);4H,1-2H2,(H,5,6)(H2,7,8,9). The van der Waals surface area contributed by atoms with Gasteiger partial charge in [-0.1, -0.05) is 11.6 Å². The van der Waals surface area contributed by atoms with Gasteiger partial charge in [-0.15, -0.1) is 0 Å². The molecular weight excluding hydrogens is 782 g/mol. The van der Waals surface area contributed by atoms with Gasteiger partial charge in [-0.3, -0.25) is 19.4 Å². The molecule has 1 aromatic carbocycles. The molecule has 0 saturated carbocycles. The fourth-order valence-corrected chi connectivity index (χ4v) is 4.84. The number of esters is 1. The highest BCUT2D eigenvalue weighted by Gasteiger charge is 2.39. The van der Waals surface area contributed by atoms with E-state index in [1.54, 1.807) is 13.8 Å². The summed E-state index contributed by atoms with van der Waals surface area (Å²) in [5.74, 6) is -1.88. The normalized spacial score (nSPS) is 11.2. The molecule has 0 unspecified atom stereocenters. The summed E-state index contributed by atoms with van der Waals surface area (Å²) in [7, 11) is -3.01. The second-order valence-electron chi connectivity index (χ2n) is 9.35. The van der Waals surface area contributed by atoms with Crippen molar-refractivity contribution in [1.29, 1.82) is 0 Å². The van der Waals surface area contributed by atoms with Crippen LogP contribution in [-0.2, 0) is 27.3 Å². The van der Waals surface area contributed by atoms with Crippen LogP contribution in [-0.4, -0.2) is 83.6 Å². The van der Waals surface area contributed by atoms with Crippen molar-refractivity contribution in [2.75, 3.05) is 36.6 Å². The van der Waals surface area contributed by atoms with Crippen molar-refractivity contribution in [3.05, 3.63) is 44.0 Å². The van der Waals surface area contributed by atoms with Crippen LogP contribution in [0, 0.1) is 5.82 Å². The first-order chi connectivity index (χ1) is 22.1. The zero-order chi connectivity index (χ0) is 37.0. The first kappa shape index (κ1) is 42.9. The van der Waals surface area contributed by atoms with Gasteiger partial charge in [0.1, 0.15) is 11.5 Å². The molecule has 2 aromatic heterocycles. The summed E-state index contributed by atoms with van der Waals surface area (Å²) in [6.07, 6.45) is -5.74. The molecule has 0 aliphatic heterocycles. The van der Waals surface area contributed by atoms with E-state index < -0.39 is 60.6 Å². The number of benzene rings is 1. The number of aryl methyl sites for hydroxylation is 1. The Morgan fingerprint density at radius 1 is 1.08 bits per heavy atom. The smallest absolute Gasteiger partial charge is 0.434 e. The van der Waals surface area contributed by atoms with Crippen molar-refractivity contribution in [3.63, 3.8) is 0 Å². The number of aliphatic carboxylic acids is 1. The van der Waals surface area contributed by atoms with E-state index in [0.717, 1.165) is 32.3 Å². The lowest BCUT2D eigenvalue weighted by Crippen LogP contribution is -2.23. The van der Waals surface area contributed by atoms with Gasteiger partial charge < -0.3 is 30.3 Å². The Morgan fingerprint density at radius 3 is 2.04 bits per heavy atom. The Hall–Kier alpha value is -3.13. The van der Waals surface area contributed by atoms with Gasteiger partial charge in [-0.25, -0.2) is 9.18 Å². The number of anilines is 2. The van der Waals surface area contributed by atoms with Gasteiger partial charge in [0.25, 0.3) is 0 Å². The molecule has 6 N–H and O–H groups in total. The molecule has 0 atom stereocenters. The molecule has 0 aliphatic carbocycles. The Balaban J connectivity index is 0.000000417. The highest BCUT2D eigenvalue weighted by molar-refractivity contribution is 9.10. The number of hydrogen-bond donors (Lipinski definition) is 6. The minimum Gasteiger partial charge on any atom is -0.480 e. The average molecular weight is 814 g/mol. The zero-order valence-corrected chi connectivity index (χ0v) is 29.9.